The summed E-state index contributed by atoms with van der Waals surface area (Å²) in [5.74, 6) is 0.405. The first kappa shape index (κ1) is 24.8. The number of halogens is 1. The second kappa shape index (κ2) is 12.4. The van der Waals surface area contributed by atoms with Gasteiger partial charge in [0, 0.05) is 0 Å². The molecule has 0 heterocycles. The summed E-state index contributed by atoms with van der Waals surface area (Å²) in [7, 11) is 0. The van der Waals surface area contributed by atoms with Gasteiger partial charge in [0.1, 0.15) is 5.75 Å². The smallest absolute Gasteiger partial charge is 0.317 e. The summed E-state index contributed by atoms with van der Waals surface area (Å²) < 4.78 is 5.93. The van der Waals surface area contributed by atoms with E-state index in [-0.39, 0.29) is 11.4 Å². The Morgan fingerprint density at radius 1 is 0.875 bits per heavy atom. The van der Waals surface area contributed by atoms with Crippen molar-refractivity contribution in [1.82, 2.24) is 0 Å². The van der Waals surface area contributed by atoms with Crippen LogP contribution in [0.1, 0.15) is 96.5 Å². The number of rotatable bonds is 11. The normalized spacial score (nSPS) is 15.5. The number of carbonyl (C=O) groups excluding carboxylic acids is 1. The summed E-state index contributed by atoms with van der Waals surface area (Å²) in [6.45, 7) is 4.43. The van der Waals surface area contributed by atoms with Crippen LogP contribution in [0, 0.1) is 5.41 Å². The van der Waals surface area contributed by atoms with Crippen LogP contribution in [0.2, 0.25) is 5.02 Å². The number of hydrogen-bond acceptors (Lipinski definition) is 2. The third-order valence-corrected chi connectivity index (χ3v) is 7.29. The fraction of sp³-hybridized carbons (Fsp3) is 0.552. The van der Waals surface area contributed by atoms with Crippen LogP contribution in [0.15, 0.2) is 42.5 Å². The molecule has 0 amide bonds. The first-order chi connectivity index (χ1) is 15.6. The number of ether oxygens (including phenoxy) is 1. The lowest BCUT2D eigenvalue weighted by Crippen LogP contribution is -2.37. The van der Waals surface area contributed by atoms with Crippen molar-refractivity contribution in [3.05, 3.63) is 53.1 Å². The minimum atomic E-state index is -0.331. The molecule has 2 aromatic carbocycles. The standard InChI is InChI=1S/C29H39ClO2/c1-3-5-7-9-19-29(20-10-8-11-21-29)28(31)32-27-18-17-25(22-26(27)30)24-15-13-23(14-16-24)12-6-4-2/h13-18,22H,3-12,19-21H2,1-2H3. The van der Waals surface area contributed by atoms with E-state index in [2.05, 4.69) is 38.1 Å². The van der Waals surface area contributed by atoms with E-state index in [0.717, 1.165) is 56.1 Å². The second-order valence-electron chi connectivity index (χ2n) is 9.49. The number of aryl methyl sites for hydroxylation is 1. The van der Waals surface area contributed by atoms with Crippen LogP contribution in [-0.2, 0) is 11.2 Å². The van der Waals surface area contributed by atoms with Gasteiger partial charge in [0.05, 0.1) is 10.4 Å². The molecule has 0 atom stereocenters. The molecule has 3 rings (SSSR count). The molecule has 0 bridgehead atoms. The van der Waals surface area contributed by atoms with Gasteiger partial charge < -0.3 is 4.74 Å². The van der Waals surface area contributed by atoms with E-state index in [4.69, 9.17) is 16.3 Å². The van der Waals surface area contributed by atoms with Crippen LogP contribution >= 0.6 is 11.6 Å². The van der Waals surface area contributed by atoms with Crippen LogP contribution in [0.25, 0.3) is 11.1 Å². The maximum atomic E-state index is 13.3. The third kappa shape index (κ3) is 6.61. The molecule has 0 spiro atoms. The first-order valence-electron chi connectivity index (χ1n) is 12.7. The maximum absolute atomic E-state index is 13.3. The van der Waals surface area contributed by atoms with E-state index in [1.807, 2.05) is 18.2 Å². The van der Waals surface area contributed by atoms with Gasteiger partial charge in [-0.05, 0) is 60.9 Å². The Kier molecular flexibility index (Phi) is 9.66. The maximum Gasteiger partial charge on any atom is 0.317 e. The highest BCUT2D eigenvalue weighted by atomic mass is 35.5. The van der Waals surface area contributed by atoms with Crippen LogP contribution in [0.3, 0.4) is 0 Å². The minimum absolute atomic E-state index is 0.0800. The summed E-state index contributed by atoms with van der Waals surface area (Å²) >= 11 is 6.58. The number of unbranched alkanes of at least 4 members (excludes halogenated alkanes) is 4. The highest BCUT2D eigenvalue weighted by molar-refractivity contribution is 6.32. The Morgan fingerprint density at radius 3 is 2.22 bits per heavy atom. The summed E-state index contributed by atoms with van der Waals surface area (Å²) in [5, 5.41) is 0.503. The molecule has 3 heteroatoms. The SMILES string of the molecule is CCCCCCC1(C(=O)Oc2ccc(-c3ccc(CCCC)cc3)cc2Cl)CCCCC1. The number of hydrogen-bond donors (Lipinski definition) is 0. The number of esters is 1. The fourth-order valence-electron chi connectivity index (χ4n) is 4.89. The van der Waals surface area contributed by atoms with Crippen LogP contribution < -0.4 is 4.74 Å². The van der Waals surface area contributed by atoms with Crippen molar-refractivity contribution in [2.24, 2.45) is 5.41 Å². The van der Waals surface area contributed by atoms with Crippen LogP contribution in [0.5, 0.6) is 5.75 Å². The number of benzene rings is 2. The van der Waals surface area contributed by atoms with E-state index in [1.54, 1.807) is 0 Å². The molecule has 1 saturated carbocycles. The van der Waals surface area contributed by atoms with Crippen molar-refractivity contribution in [3.8, 4) is 16.9 Å². The average Bonchev–Trinajstić information content (AvgIpc) is 2.82. The summed E-state index contributed by atoms with van der Waals surface area (Å²) in [6, 6.07) is 14.5. The van der Waals surface area contributed by atoms with Crippen molar-refractivity contribution in [3.63, 3.8) is 0 Å². The predicted molar refractivity (Wildman–Crippen MR) is 135 cm³/mol. The van der Waals surface area contributed by atoms with Crippen molar-refractivity contribution < 1.29 is 9.53 Å². The largest absolute Gasteiger partial charge is 0.425 e. The lowest BCUT2D eigenvalue weighted by atomic mass is 9.71. The van der Waals surface area contributed by atoms with Crippen molar-refractivity contribution in [1.29, 1.82) is 0 Å². The molecule has 0 N–H and O–H groups in total. The average molecular weight is 455 g/mol. The Bertz CT molecular complexity index is 850. The zero-order valence-electron chi connectivity index (χ0n) is 19.9. The topological polar surface area (TPSA) is 26.3 Å². The molecule has 0 radical (unpaired) electrons. The lowest BCUT2D eigenvalue weighted by molar-refractivity contribution is -0.148. The second-order valence-corrected chi connectivity index (χ2v) is 9.89. The molecule has 1 fully saturated rings. The quantitative estimate of drug-likeness (QED) is 0.192. The molecule has 0 saturated heterocycles. The van der Waals surface area contributed by atoms with E-state index in [9.17, 15) is 4.79 Å². The lowest BCUT2D eigenvalue weighted by Gasteiger charge is -2.35. The molecule has 0 aromatic heterocycles. The third-order valence-electron chi connectivity index (χ3n) is 6.99. The van der Waals surface area contributed by atoms with E-state index in [0.29, 0.717) is 10.8 Å². The first-order valence-corrected chi connectivity index (χ1v) is 13.1. The minimum Gasteiger partial charge on any atom is -0.425 e. The summed E-state index contributed by atoms with van der Waals surface area (Å²) in [6.07, 6.45) is 14.5. The predicted octanol–water partition coefficient (Wildman–Crippen LogP) is 9.18. The number of carbonyl (C=O) groups is 1. The van der Waals surface area contributed by atoms with Gasteiger partial charge >= 0.3 is 5.97 Å². The highest BCUT2D eigenvalue weighted by Crippen LogP contribution is 2.43. The zero-order chi connectivity index (χ0) is 22.8. The molecular weight excluding hydrogens is 416 g/mol. The van der Waals surface area contributed by atoms with Gasteiger partial charge in [-0.2, -0.15) is 0 Å². The molecule has 2 nitrogen and oxygen atoms in total. The van der Waals surface area contributed by atoms with Crippen molar-refractivity contribution in [2.45, 2.75) is 97.3 Å². The van der Waals surface area contributed by atoms with Crippen molar-refractivity contribution >= 4 is 17.6 Å². The summed E-state index contributed by atoms with van der Waals surface area (Å²) in [4.78, 5) is 13.3. The molecule has 32 heavy (non-hydrogen) atoms. The molecule has 0 unspecified atom stereocenters. The Morgan fingerprint density at radius 2 is 1.56 bits per heavy atom. The van der Waals surface area contributed by atoms with Gasteiger partial charge in [-0.15, -0.1) is 0 Å². The van der Waals surface area contributed by atoms with Crippen LogP contribution in [0.4, 0.5) is 0 Å². The highest BCUT2D eigenvalue weighted by Gasteiger charge is 2.40. The van der Waals surface area contributed by atoms with E-state index >= 15 is 0 Å². The molecule has 174 valence electrons. The van der Waals surface area contributed by atoms with E-state index < -0.39 is 0 Å². The zero-order valence-corrected chi connectivity index (χ0v) is 20.7. The molecule has 2 aromatic rings. The monoisotopic (exact) mass is 454 g/mol. The molecular formula is C29H39ClO2. The van der Waals surface area contributed by atoms with Gasteiger partial charge in [0.25, 0.3) is 0 Å². The van der Waals surface area contributed by atoms with Gasteiger partial charge in [0.15, 0.2) is 0 Å². The molecule has 0 aliphatic heterocycles. The van der Waals surface area contributed by atoms with Crippen molar-refractivity contribution in [2.75, 3.05) is 0 Å². The van der Waals surface area contributed by atoms with Gasteiger partial charge in [0.2, 0.25) is 0 Å². The summed E-state index contributed by atoms with van der Waals surface area (Å²) in [5.41, 5.74) is 3.21. The van der Waals surface area contributed by atoms with Gasteiger partial charge in [-0.25, -0.2) is 0 Å². The van der Waals surface area contributed by atoms with Crippen LogP contribution in [-0.4, -0.2) is 5.97 Å². The molecule has 1 aliphatic rings. The van der Waals surface area contributed by atoms with Gasteiger partial charge in [-0.3, -0.25) is 4.79 Å². The Labute approximate surface area is 199 Å². The fourth-order valence-corrected chi connectivity index (χ4v) is 5.11. The Hall–Kier alpha value is -1.80. The van der Waals surface area contributed by atoms with Gasteiger partial charge in [-0.1, -0.05) is 107 Å². The van der Waals surface area contributed by atoms with E-state index in [1.165, 1.54) is 44.1 Å². The molecule has 1 aliphatic carbocycles. The Balaban J connectivity index is 1.69.